The number of amides is 1. The second kappa shape index (κ2) is 8.82. The Balaban J connectivity index is 1.45. The molecule has 0 fully saturated rings. The second-order valence-corrected chi connectivity index (χ2v) is 10.1. The third-order valence-electron chi connectivity index (χ3n) is 4.62. The minimum absolute atomic E-state index is 0.0550. The lowest BCUT2D eigenvalue weighted by Crippen LogP contribution is -2.25. The molecule has 1 aromatic carbocycles. The van der Waals surface area contributed by atoms with Crippen molar-refractivity contribution in [1.82, 2.24) is 5.32 Å². The lowest BCUT2D eigenvalue weighted by Gasteiger charge is -2.06. The number of hydrogen-bond donors (Lipinski definition) is 1. The highest BCUT2D eigenvalue weighted by molar-refractivity contribution is 7.90. The number of nitrogens with one attached hydrogen (secondary N) is 1. The molecule has 26 heavy (non-hydrogen) atoms. The fourth-order valence-electron chi connectivity index (χ4n) is 3.26. The Hall–Kier alpha value is -1.66. The van der Waals surface area contributed by atoms with Crippen LogP contribution in [0.2, 0.25) is 0 Å². The molecule has 2 aromatic rings. The van der Waals surface area contributed by atoms with E-state index < -0.39 is 9.84 Å². The van der Waals surface area contributed by atoms with Crippen molar-refractivity contribution in [2.24, 2.45) is 0 Å². The molecule has 4 nitrogen and oxygen atoms in total. The molecule has 0 radical (unpaired) electrons. The molecule has 3 rings (SSSR count). The SMILES string of the molecule is O=C(NCCCS(=O)(=O)Cc1ccccc1)c1cc2c(s1)CCCCC2. The van der Waals surface area contributed by atoms with E-state index >= 15 is 0 Å². The Morgan fingerprint density at radius 3 is 2.65 bits per heavy atom. The highest BCUT2D eigenvalue weighted by Gasteiger charge is 2.17. The minimum atomic E-state index is -3.15. The third kappa shape index (κ3) is 5.42. The average molecular weight is 392 g/mol. The Morgan fingerprint density at radius 1 is 1.08 bits per heavy atom. The van der Waals surface area contributed by atoms with Crippen molar-refractivity contribution in [3.05, 3.63) is 57.3 Å². The number of rotatable bonds is 7. The van der Waals surface area contributed by atoms with Crippen LogP contribution in [0.25, 0.3) is 0 Å². The molecular formula is C20H25NO3S2. The van der Waals surface area contributed by atoms with Gasteiger partial charge in [0.15, 0.2) is 9.84 Å². The molecule has 0 aliphatic heterocycles. The first-order valence-electron chi connectivity index (χ1n) is 9.18. The molecule has 0 bridgehead atoms. The fourth-order valence-corrected chi connectivity index (χ4v) is 5.86. The van der Waals surface area contributed by atoms with Crippen LogP contribution >= 0.6 is 11.3 Å². The van der Waals surface area contributed by atoms with Gasteiger partial charge < -0.3 is 5.32 Å². The molecule has 6 heteroatoms. The lowest BCUT2D eigenvalue weighted by molar-refractivity contribution is 0.0957. The van der Waals surface area contributed by atoms with Crippen LogP contribution in [-0.4, -0.2) is 26.6 Å². The molecule has 1 amide bonds. The summed E-state index contributed by atoms with van der Waals surface area (Å²) in [4.78, 5) is 14.4. The maximum Gasteiger partial charge on any atom is 0.261 e. The highest BCUT2D eigenvalue weighted by atomic mass is 32.2. The number of benzene rings is 1. The summed E-state index contributed by atoms with van der Waals surface area (Å²) < 4.78 is 24.3. The summed E-state index contributed by atoms with van der Waals surface area (Å²) in [5.41, 5.74) is 2.12. The molecule has 0 saturated carbocycles. The largest absolute Gasteiger partial charge is 0.351 e. The van der Waals surface area contributed by atoms with Crippen molar-refractivity contribution in [3.8, 4) is 0 Å². The van der Waals surface area contributed by atoms with Gasteiger partial charge in [-0.05, 0) is 49.3 Å². The van der Waals surface area contributed by atoms with E-state index in [0.717, 1.165) is 23.3 Å². The standard InChI is InChI=1S/C20H25NO3S2/c22-20(19-14-17-10-5-2-6-11-18(17)25-19)21-12-7-13-26(23,24)15-16-8-3-1-4-9-16/h1,3-4,8-9,14H,2,5-7,10-13,15H2,(H,21,22). The molecule has 0 atom stereocenters. The van der Waals surface area contributed by atoms with Crippen LogP contribution in [0.15, 0.2) is 36.4 Å². The fraction of sp³-hybridized carbons (Fsp3) is 0.450. The van der Waals surface area contributed by atoms with Crippen LogP contribution < -0.4 is 5.32 Å². The maximum atomic E-state index is 12.3. The van der Waals surface area contributed by atoms with Crippen molar-refractivity contribution >= 4 is 27.1 Å². The van der Waals surface area contributed by atoms with Crippen LogP contribution in [0.3, 0.4) is 0 Å². The van der Waals surface area contributed by atoms with E-state index in [1.807, 2.05) is 36.4 Å². The molecule has 1 heterocycles. The van der Waals surface area contributed by atoms with Crippen molar-refractivity contribution in [2.75, 3.05) is 12.3 Å². The van der Waals surface area contributed by atoms with E-state index in [2.05, 4.69) is 5.32 Å². The summed E-state index contributed by atoms with van der Waals surface area (Å²) in [6.07, 6.45) is 6.24. The predicted molar refractivity (Wildman–Crippen MR) is 106 cm³/mol. The number of carbonyl (C=O) groups is 1. The molecule has 140 valence electrons. The van der Waals surface area contributed by atoms with Gasteiger partial charge in [0, 0.05) is 11.4 Å². The Kier molecular flexibility index (Phi) is 6.48. The summed E-state index contributed by atoms with van der Waals surface area (Å²) in [6, 6.07) is 11.2. The first-order valence-corrected chi connectivity index (χ1v) is 11.8. The van der Waals surface area contributed by atoms with E-state index in [4.69, 9.17) is 0 Å². The Labute approximate surface area is 159 Å². The Bertz CT molecular complexity index is 818. The molecule has 0 unspecified atom stereocenters. The molecule has 1 aliphatic carbocycles. The van der Waals surface area contributed by atoms with Crippen LogP contribution in [0.1, 0.15) is 51.4 Å². The maximum absolute atomic E-state index is 12.3. The monoisotopic (exact) mass is 391 g/mol. The normalized spacial score (nSPS) is 14.5. The molecule has 0 saturated heterocycles. The smallest absolute Gasteiger partial charge is 0.261 e. The predicted octanol–water partition coefficient (Wildman–Crippen LogP) is 3.75. The summed E-state index contributed by atoms with van der Waals surface area (Å²) in [6.45, 7) is 0.384. The van der Waals surface area contributed by atoms with Gasteiger partial charge in [-0.2, -0.15) is 0 Å². The van der Waals surface area contributed by atoms with E-state index in [0.29, 0.717) is 13.0 Å². The third-order valence-corrected chi connectivity index (χ3v) is 7.54. The van der Waals surface area contributed by atoms with Gasteiger partial charge in [-0.3, -0.25) is 4.79 Å². The number of carbonyl (C=O) groups excluding carboxylic acids is 1. The molecule has 0 spiro atoms. The zero-order valence-corrected chi connectivity index (χ0v) is 16.5. The van der Waals surface area contributed by atoms with Crippen LogP contribution in [0.4, 0.5) is 0 Å². The van der Waals surface area contributed by atoms with Gasteiger partial charge >= 0.3 is 0 Å². The molecule has 1 N–H and O–H groups in total. The molecule has 1 aromatic heterocycles. The topological polar surface area (TPSA) is 63.2 Å². The second-order valence-electron chi connectivity index (χ2n) is 6.81. The van der Waals surface area contributed by atoms with Gasteiger partial charge in [0.25, 0.3) is 5.91 Å². The van der Waals surface area contributed by atoms with Crippen molar-refractivity contribution < 1.29 is 13.2 Å². The summed E-state index contributed by atoms with van der Waals surface area (Å²) in [5, 5.41) is 2.87. The number of hydrogen-bond acceptors (Lipinski definition) is 4. The number of aryl methyl sites for hydroxylation is 2. The summed E-state index contributed by atoms with van der Waals surface area (Å²) in [7, 11) is -3.15. The molecular weight excluding hydrogens is 366 g/mol. The number of thiophene rings is 1. The summed E-state index contributed by atoms with van der Waals surface area (Å²) >= 11 is 1.59. The number of fused-ring (bicyclic) bond motifs is 1. The van der Waals surface area contributed by atoms with Crippen LogP contribution in [0.5, 0.6) is 0 Å². The lowest BCUT2D eigenvalue weighted by atomic mass is 10.1. The van der Waals surface area contributed by atoms with Crippen molar-refractivity contribution in [2.45, 2.75) is 44.3 Å². The first-order chi connectivity index (χ1) is 12.5. The Morgan fingerprint density at radius 2 is 1.85 bits per heavy atom. The van der Waals surface area contributed by atoms with Gasteiger partial charge in [0.1, 0.15) is 0 Å². The highest BCUT2D eigenvalue weighted by Crippen LogP contribution is 2.28. The van der Waals surface area contributed by atoms with Crippen molar-refractivity contribution in [1.29, 1.82) is 0 Å². The minimum Gasteiger partial charge on any atom is -0.351 e. The zero-order valence-electron chi connectivity index (χ0n) is 14.9. The number of sulfone groups is 1. The van der Waals surface area contributed by atoms with Gasteiger partial charge in [0.2, 0.25) is 0 Å². The van der Waals surface area contributed by atoms with Gasteiger partial charge in [-0.15, -0.1) is 11.3 Å². The van der Waals surface area contributed by atoms with E-state index in [9.17, 15) is 13.2 Å². The van der Waals surface area contributed by atoms with E-state index in [-0.39, 0.29) is 17.4 Å². The van der Waals surface area contributed by atoms with E-state index in [1.165, 1.54) is 29.7 Å². The van der Waals surface area contributed by atoms with Crippen molar-refractivity contribution in [3.63, 3.8) is 0 Å². The quantitative estimate of drug-likeness (QED) is 0.577. The van der Waals surface area contributed by atoms with E-state index in [1.54, 1.807) is 11.3 Å². The zero-order chi connectivity index (χ0) is 18.4. The van der Waals surface area contributed by atoms with Gasteiger partial charge in [-0.25, -0.2) is 8.42 Å². The first kappa shape index (κ1) is 19.1. The van der Waals surface area contributed by atoms with Crippen LogP contribution in [-0.2, 0) is 28.4 Å². The summed E-state index contributed by atoms with van der Waals surface area (Å²) in [5.74, 6) is 0.0614. The van der Waals surface area contributed by atoms with Gasteiger partial charge in [0.05, 0.1) is 16.4 Å². The molecule has 1 aliphatic rings. The average Bonchev–Trinajstić information content (AvgIpc) is 2.90. The van der Waals surface area contributed by atoms with Crippen LogP contribution in [0, 0.1) is 0 Å². The van der Waals surface area contributed by atoms with Gasteiger partial charge in [-0.1, -0.05) is 36.8 Å².